The Balaban J connectivity index is 2.61. The molecule has 0 heterocycles. The fourth-order valence-corrected chi connectivity index (χ4v) is 1.30. The smallest absolute Gasteiger partial charge is 0.122 e. The summed E-state index contributed by atoms with van der Waals surface area (Å²) in [5.41, 5.74) is 2.38. The Kier molecular flexibility index (Phi) is 4.59. The molecular formula is C12H19NO2. The third kappa shape index (κ3) is 3.22. The van der Waals surface area contributed by atoms with Crippen LogP contribution >= 0.6 is 0 Å². The first-order chi connectivity index (χ1) is 7.19. The van der Waals surface area contributed by atoms with Crippen LogP contribution in [0.4, 0.5) is 0 Å². The highest BCUT2D eigenvalue weighted by Gasteiger charge is 2.06. The van der Waals surface area contributed by atoms with Crippen molar-refractivity contribution in [3.63, 3.8) is 0 Å². The highest BCUT2D eigenvalue weighted by atomic mass is 16.5. The number of hydrogen-bond acceptors (Lipinski definition) is 3. The van der Waals surface area contributed by atoms with Crippen molar-refractivity contribution in [1.82, 2.24) is 5.32 Å². The van der Waals surface area contributed by atoms with E-state index in [1.807, 2.05) is 26.1 Å². The van der Waals surface area contributed by atoms with Crippen molar-refractivity contribution < 1.29 is 9.84 Å². The van der Waals surface area contributed by atoms with E-state index in [0.717, 1.165) is 11.3 Å². The number of nitrogens with one attached hydrogen (secondary N) is 1. The Morgan fingerprint density at radius 3 is 2.73 bits per heavy atom. The molecule has 15 heavy (non-hydrogen) atoms. The summed E-state index contributed by atoms with van der Waals surface area (Å²) in [5, 5.41) is 12.0. The van der Waals surface area contributed by atoms with Crippen molar-refractivity contribution in [2.45, 2.75) is 19.9 Å². The number of hydrogen-bond donors (Lipinski definition) is 2. The minimum absolute atomic E-state index is 0.00934. The largest absolute Gasteiger partial charge is 0.492 e. The fourth-order valence-electron chi connectivity index (χ4n) is 1.30. The molecule has 0 saturated heterocycles. The lowest BCUT2D eigenvalue weighted by atomic mass is 10.1. The first kappa shape index (κ1) is 12.0. The lowest BCUT2D eigenvalue weighted by Crippen LogP contribution is -2.35. The molecule has 2 N–H and O–H groups in total. The summed E-state index contributed by atoms with van der Waals surface area (Å²) in [6.07, 6.45) is 0. The molecule has 0 radical (unpaired) electrons. The van der Waals surface area contributed by atoms with Crippen LogP contribution < -0.4 is 10.1 Å². The second-order valence-electron chi connectivity index (χ2n) is 3.68. The topological polar surface area (TPSA) is 41.5 Å². The van der Waals surface area contributed by atoms with E-state index in [9.17, 15) is 0 Å². The number of likely N-dealkylation sites (N-methyl/N-ethyl adjacent to an activating group) is 1. The molecule has 0 bridgehead atoms. The molecule has 0 aliphatic rings. The average Bonchev–Trinajstić information content (AvgIpc) is 2.25. The van der Waals surface area contributed by atoms with Crippen molar-refractivity contribution in [3.8, 4) is 5.75 Å². The molecule has 1 rings (SSSR count). The molecule has 0 fully saturated rings. The van der Waals surface area contributed by atoms with Crippen molar-refractivity contribution in [2.75, 3.05) is 20.3 Å². The van der Waals surface area contributed by atoms with Gasteiger partial charge < -0.3 is 15.2 Å². The van der Waals surface area contributed by atoms with Gasteiger partial charge in [-0.1, -0.05) is 12.1 Å². The van der Waals surface area contributed by atoms with Crippen LogP contribution in [0.25, 0.3) is 0 Å². The van der Waals surface area contributed by atoms with Gasteiger partial charge in [0.2, 0.25) is 0 Å². The highest BCUT2D eigenvalue weighted by molar-refractivity contribution is 5.38. The van der Waals surface area contributed by atoms with Crippen LogP contribution in [0, 0.1) is 13.8 Å². The molecule has 3 nitrogen and oxygen atoms in total. The van der Waals surface area contributed by atoms with Crippen LogP contribution in [-0.4, -0.2) is 31.4 Å². The van der Waals surface area contributed by atoms with Crippen LogP contribution in [-0.2, 0) is 0 Å². The second-order valence-corrected chi connectivity index (χ2v) is 3.68. The van der Waals surface area contributed by atoms with Crippen LogP contribution in [0.2, 0.25) is 0 Å². The van der Waals surface area contributed by atoms with E-state index in [4.69, 9.17) is 9.84 Å². The van der Waals surface area contributed by atoms with Crippen LogP contribution in [0.1, 0.15) is 11.1 Å². The zero-order valence-corrected chi connectivity index (χ0v) is 9.58. The summed E-state index contributed by atoms with van der Waals surface area (Å²) in [7, 11) is 1.81. The van der Waals surface area contributed by atoms with Crippen LogP contribution in [0.5, 0.6) is 5.75 Å². The van der Waals surface area contributed by atoms with Gasteiger partial charge in [-0.25, -0.2) is 0 Å². The highest BCUT2D eigenvalue weighted by Crippen LogP contribution is 2.20. The van der Waals surface area contributed by atoms with Gasteiger partial charge in [0, 0.05) is 0 Å². The Bertz CT molecular complexity index is 308. The number of aliphatic hydroxyl groups excluding tert-OH is 1. The Morgan fingerprint density at radius 1 is 1.40 bits per heavy atom. The first-order valence-corrected chi connectivity index (χ1v) is 5.16. The predicted molar refractivity (Wildman–Crippen MR) is 61.3 cm³/mol. The monoisotopic (exact) mass is 209 g/mol. The molecule has 1 unspecified atom stereocenters. The molecule has 1 atom stereocenters. The molecule has 1 aromatic carbocycles. The summed E-state index contributed by atoms with van der Waals surface area (Å²) in [6, 6.07) is 5.98. The van der Waals surface area contributed by atoms with Gasteiger partial charge in [-0.05, 0) is 38.1 Å². The van der Waals surface area contributed by atoms with E-state index in [-0.39, 0.29) is 12.6 Å². The van der Waals surface area contributed by atoms with E-state index in [1.54, 1.807) is 0 Å². The van der Waals surface area contributed by atoms with Gasteiger partial charge in [-0.3, -0.25) is 0 Å². The fraction of sp³-hybridized carbons (Fsp3) is 0.500. The normalized spacial score (nSPS) is 12.5. The third-order valence-electron chi connectivity index (χ3n) is 2.62. The van der Waals surface area contributed by atoms with E-state index in [0.29, 0.717) is 6.61 Å². The van der Waals surface area contributed by atoms with Gasteiger partial charge in [0.15, 0.2) is 0 Å². The Hall–Kier alpha value is -1.06. The molecule has 3 heteroatoms. The molecule has 84 valence electrons. The lowest BCUT2D eigenvalue weighted by molar-refractivity contribution is 0.188. The third-order valence-corrected chi connectivity index (χ3v) is 2.62. The number of aryl methyl sites for hydroxylation is 1. The number of benzene rings is 1. The summed E-state index contributed by atoms with van der Waals surface area (Å²) in [4.78, 5) is 0. The van der Waals surface area contributed by atoms with E-state index < -0.39 is 0 Å². The van der Waals surface area contributed by atoms with Gasteiger partial charge in [0.25, 0.3) is 0 Å². The average molecular weight is 209 g/mol. The minimum atomic E-state index is -0.00934. The van der Waals surface area contributed by atoms with Crippen molar-refractivity contribution in [3.05, 3.63) is 29.3 Å². The maximum atomic E-state index is 8.99. The van der Waals surface area contributed by atoms with Crippen LogP contribution in [0.3, 0.4) is 0 Å². The van der Waals surface area contributed by atoms with Gasteiger partial charge in [-0.15, -0.1) is 0 Å². The maximum Gasteiger partial charge on any atom is 0.122 e. The van der Waals surface area contributed by atoms with Gasteiger partial charge in [0.1, 0.15) is 12.4 Å². The van der Waals surface area contributed by atoms with Gasteiger partial charge in [0.05, 0.1) is 12.6 Å². The molecule has 1 aromatic rings. The molecule has 0 spiro atoms. The number of ether oxygens (including phenoxy) is 1. The van der Waals surface area contributed by atoms with Gasteiger partial charge >= 0.3 is 0 Å². The maximum absolute atomic E-state index is 8.99. The van der Waals surface area contributed by atoms with E-state index >= 15 is 0 Å². The van der Waals surface area contributed by atoms with Crippen molar-refractivity contribution >= 4 is 0 Å². The van der Waals surface area contributed by atoms with Crippen LogP contribution in [0.15, 0.2) is 18.2 Å². The summed E-state index contributed by atoms with van der Waals surface area (Å²) in [5.74, 6) is 0.892. The first-order valence-electron chi connectivity index (χ1n) is 5.16. The molecule has 0 amide bonds. The minimum Gasteiger partial charge on any atom is -0.492 e. The molecule has 0 aliphatic heterocycles. The van der Waals surface area contributed by atoms with E-state index in [1.165, 1.54) is 5.56 Å². The molecule has 0 aromatic heterocycles. The second kappa shape index (κ2) is 5.73. The van der Waals surface area contributed by atoms with Crippen molar-refractivity contribution in [2.24, 2.45) is 0 Å². The Morgan fingerprint density at radius 2 is 2.13 bits per heavy atom. The standard InChI is InChI=1S/C12H19NO2/c1-9-5-4-6-12(10(9)2)15-8-11(7-14)13-3/h4-6,11,13-14H,7-8H2,1-3H3. The lowest BCUT2D eigenvalue weighted by Gasteiger charge is -2.16. The Labute approximate surface area is 91.1 Å². The summed E-state index contributed by atoms with van der Waals surface area (Å²) < 4.78 is 5.64. The molecule has 0 aliphatic carbocycles. The summed E-state index contributed by atoms with van der Waals surface area (Å²) >= 11 is 0. The van der Waals surface area contributed by atoms with Crippen molar-refractivity contribution in [1.29, 1.82) is 0 Å². The van der Waals surface area contributed by atoms with Gasteiger partial charge in [-0.2, -0.15) is 0 Å². The predicted octanol–water partition coefficient (Wildman–Crippen LogP) is 1.26. The molecular weight excluding hydrogens is 190 g/mol. The number of rotatable bonds is 5. The van der Waals surface area contributed by atoms with E-state index in [2.05, 4.69) is 18.3 Å². The SMILES string of the molecule is CNC(CO)COc1cccc(C)c1C. The number of aliphatic hydroxyl groups is 1. The quantitative estimate of drug-likeness (QED) is 0.767. The molecule has 0 saturated carbocycles. The summed E-state index contributed by atoms with van der Waals surface area (Å²) in [6.45, 7) is 4.67. The zero-order chi connectivity index (χ0) is 11.3. The zero-order valence-electron chi connectivity index (χ0n) is 9.58.